The number of amides is 2. The molecule has 0 bridgehead atoms. The van der Waals surface area contributed by atoms with Crippen molar-refractivity contribution in [2.24, 2.45) is 5.92 Å². The fourth-order valence-corrected chi connectivity index (χ4v) is 6.24. The summed E-state index contributed by atoms with van der Waals surface area (Å²) in [6, 6.07) is 3.30. The van der Waals surface area contributed by atoms with E-state index < -0.39 is 9.84 Å². The van der Waals surface area contributed by atoms with Crippen molar-refractivity contribution >= 4 is 33.4 Å². The molecule has 0 aliphatic carbocycles. The molecule has 2 aliphatic heterocycles. The van der Waals surface area contributed by atoms with E-state index in [0.29, 0.717) is 23.6 Å². The van der Waals surface area contributed by atoms with Gasteiger partial charge >= 0.3 is 0 Å². The second-order valence-corrected chi connectivity index (χ2v) is 11.4. The molecule has 1 aromatic heterocycles. The summed E-state index contributed by atoms with van der Waals surface area (Å²) in [4.78, 5) is 33.1. The number of thioether (sulfide) groups is 1. The van der Waals surface area contributed by atoms with E-state index in [4.69, 9.17) is 0 Å². The van der Waals surface area contributed by atoms with Crippen molar-refractivity contribution in [3.8, 4) is 0 Å². The zero-order valence-electron chi connectivity index (χ0n) is 17.0. The molecule has 7 nitrogen and oxygen atoms in total. The average molecular weight is 440 g/mol. The van der Waals surface area contributed by atoms with E-state index in [1.165, 1.54) is 11.8 Å². The largest absolute Gasteiger partial charge is 0.339 e. The van der Waals surface area contributed by atoms with Crippen LogP contribution in [-0.2, 0) is 14.6 Å². The highest BCUT2D eigenvalue weighted by Gasteiger charge is 2.34. The summed E-state index contributed by atoms with van der Waals surface area (Å²) in [7, 11) is -3.05. The Hall–Kier alpha value is -1.61. The van der Waals surface area contributed by atoms with Crippen LogP contribution in [0.5, 0.6) is 0 Å². The minimum atomic E-state index is -3.05. The van der Waals surface area contributed by atoms with Gasteiger partial charge in [0.25, 0.3) is 5.91 Å². The molecule has 29 heavy (non-hydrogen) atoms. The molecule has 0 spiro atoms. The third-order valence-electron chi connectivity index (χ3n) is 5.25. The third kappa shape index (κ3) is 5.94. The second kappa shape index (κ2) is 9.47. The van der Waals surface area contributed by atoms with Crippen LogP contribution in [0.3, 0.4) is 0 Å². The van der Waals surface area contributed by atoms with Crippen LogP contribution in [0, 0.1) is 5.92 Å². The first-order chi connectivity index (χ1) is 13.7. The predicted octanol–water partition coefficient (Wildman–Crippen LogP) is 2.08. The first-order valence-electron chi connectivity index (χ1n) is 10.1. The Labute approximate surface area is 177 Å². The SMILES string of the molecule is CC(C)CN(C(=O)CSc1ccc(C(=O)N2CCCC2)cn1)C1CCS(=O)(=O)C1. The molecule has 160 valence electrons. The minimum Gasteiger partial charge on any atom is -0.339 e. The number of aromatic nitrogens is 1. The van der Waals surface area contributed by atoms with E-state index in [2.05, 4.69) is 4.98 Å². The van der Waals surface area contributed by atoms with Gasteiger partial charge in [0.2, 0.25) is 5.91 Å². The van der Waals surface area contributed by atoms with Gasteiger partial charge in [0.1, 0.15) is 0 Å². The van der Waals surface area contributed by atoms with Gasteiger partial charge in [-0.15, -0.1) is 0 Å². The number of hydrogen-bond donors (Lipinski definition) is 0. The number of sulfone groups is 1. The van der Waals surface area contributed by atoms with Crippen molar-refractivity contribution in [2.45, 2.75) is 44.2 Å². The van der Waals surface area contributed by atoms with Gasteiger partial charge in [-0.3, -0.25) is 9.59 Å². The Morgan fingerprint density at radius 1 is 1.28 bits per heavy atom. The number of carbonyl (C=O) groups is 2. The number of rotatable bonds is 7. The first-order valence-corrected chi connectivity index (χ1v) is 12.9. The lowest BCUT2D eigenvalue weighted by molar-refractivity contribution is -0.130. The van der Waals surface area contributed by atoms with E-state index in [-0.39, 0.29) is 41.0 Å². The van der Waals surface area contributed by atoms with Crippen LogP contribution in [0.25, 0.3) is 0 Å². The summed E-state index contributed by atoms with van der Waals surface area (Å²) in [6.45, 7) is 6.19. The maximum absolute atomic E-state index is 12.8. The molecule has 2 aliphatic rings. The molecular formula is C20H29N3O4S2. The molecule has 9 heteroatoms. The molecule has 1 aromatic rings. The lowest BCUT2D eigenvalue weighted by Crippen LogP contribution is -2.44. The van der Waals surface area contributed by atoms with E-state index >= 15 is 0 Å². The summed E-state index contributed by atoms with van der Waals surface area (Å²) in [5.41, 5.74) is 0.570. The highest BCUT2D eigenvalue weighted by Crippen LogP contribution is 2.22. The summed E-state index contributed by atoms with van der Waals surface area (Å²) in [5, 5.41) is 0.680. The minimum absolute atomic E-state index is 0.00757. The first kappa shape index (κ1) is 22.1. The second-order valence-electron chi connectivity index (χ2n) is 8.17. The van der Waals surface area contributed by atoms with Crippen molar-refractivity contribution in [1.29, 1.82) is 0 Å². The van der Waals surface area contributed by atoms with Gasteiger partial charge in [0.15, 0.2) is 9.84 Å². The lowest BCUT2D eigenvalue weighted by Gasteiger charge is -2.29. The van der Waals surface area contributed by atoms with E-state index in [9.17, 15) is 18.0 Å². The van der Waals surface area contributed by atoms with Crippen LogP contribution in [0.15, 0.2) is 23.4 Å². The Morgan fingerprint density at radius 2 is 2.00 bits per heavy atom. The highest BCUT2D eigenvalue weighted by atomic mass is 32.2. The van der Waals surface area contributed by atoms with Crippen LogP contribution in [-0.4, -0.2) is 78.0 Å². The molecule has 2 fully saturated rings. The van der Waals surface area contributed by atoms with E-state index in [1.807, 2.05) is 18.7 Å². The number of likely N-dealkylation sites (tertiary alicyclic amines) is 1. The third-order valence-corrected chi connectivity index (χ3v) is 7.93. The molecule has 0 saturated carbocycles. The molecule has 3 rings (SSSR count). The summed E-state index contributed by atoms with van der Waals surface area (Å²) < 4.78 is 23.7. The number of pyridine rings is 1. The van der Waals surface area contributed by atoms with E-state index in [1.54, 1.807) is 23.2 Å². The van der Waals surface area contributed by atoms with Gasteiger partial charge in [-0.2, -0.15) is 0 Å². The average Bonchev–Trinajstić information content (AvgIpc) is 3.33. The maximum Gasteiger partial charge on any atom is 0.255 e. The molecule has 1 atom stereocenters. The molecule has 2 amide bonds. The quantitative estimate of drug-likeness (QED) is 0.605. The molecule has 0 radical (unpaired) electrons. The monoisotopic (exact) mass is 439 g/mol. The van der Waals surface area contributed by atoms with Gasteiger partial charge in [-0.1, -0.05) is 25.6 Å². The smallest absolute Gasteiger partial charge is 0.255 e. The van der Waals surface area contributed by atoms with Crippen LogP contribution >= 0.6 is 11.8 Å². The predicted molar refractivity (Wildman–Crippen MR) is 114 cm³/mol. The molecule has 3 heterocycles. The highest BCUT2D eigenvalue weighted by molar-refractivity contribution is 7.99. The maximum atomic E-state index is 12.8. The summed E-state index contributed by atoms with van der Waals surface area (Å²) in [5.74, 6) is 0.622. The standard InChI is InChI=1S/C20H29N3O4S2/c1-15(2)12-23(17-7-10-29(26,27)14-17)19(24)13-28-18-6-5-16(11-21-18)20(25)22-8-3-4-9-22/h5-6,11,15,17H,3-4,7-10,12-14H2,1-2H3. The van der Waals surface area contributed by atoms with E-state index in [0.717, 1.165) is 25.9 Å². The number of carbonyl (C=O) groups excluding carboxylic acids is 2. The van der Waals surface area contributed by atoms with Gasteiger partial charge in [0.05, 0.1) is 27.8 Å². The Bertz CT molecular complexity index is 834. The zero-order valence-corrected chi connectivity index (χ0v) is 18.7. The van der Waals surface area contributed by atoms with Gasteiger partial charge in [-0.05, 0) is 37.3 Å². The summed E-state index contributed by atoms with van der Waals surface area (Å²) in [6.07, 6.45) is 4.18. The Morgan fingerprint density at radius 3 is 2.55 bits per heavy atom. The molecule has 2 saturated heterocycles. The fourth-order valence-electron chi connectivity index (χ4n) is 3.78. The van der Waals surface area contributed by atoms with Crippen LogP contribution in [0.1, 0.15) is 43.5 Å². The van der Waals surface area contributed by atoms with Gasteiger partial charge in [-0.25, -0.2) is 13.4 Å². The van der Waals surface area contributed by atoms with Crippen molar-refractivity contribution in [3.63, 3.8) is 0 Å². The number of nitrogens with zero attached hydrogens (tertiary/aromatic N) is 3. The normalized spacial score (nSPS) is 20.9. The van der Waals surface area contributed by atoms with Crippen molar-refractivity contribution in [3.05, 3.63) is 23.9 Å². The topological polar surface area (TPSA) is 87.7 Å². The van der Waals surface area contributed by atoms with Crippen LogP contribution in [0.2, 0.25) is 0 Å². The van der Waals surface area contributed by atoms with Gasteiger partial charge < -0.3 is 9.80 Å². The van der Waals surface area contributed by atoms with Crippen molar-refractivity contribution in [1.82, 2.24) is 14.8 Å². The lowest BCUT2D eigenvalue weighted by atomic mass is 10.1. The summed E-state index contributed by atoms with van der Waals surface area (Å²) >= 11 is 1.32. The molecule has 1 unspecified atom stereocenters. The fraction of sp³-hybridized carbons (Fsp3) is 0.650. The molecular weight excluding hydrogens is 410 g/mol. The molecule has 0 aromatic carbocycles. The Kier molecular flexibility index (Phi) is 7.21. The zero-order chi connectivity index (χ0) is 21.0. The Balaban J connectivity index is 1.58. The van der Waals surface area contributed by atoms with Gasteiger partial charge in [0, 0.05) is 31.9 Å². The van der Waals surface area contributed by atoms with Crippen LogP contribution in [0.4, 0.5) is 0 Å². The molecule has 0 N–H and O–H groups in total. The van der Waals surface area contributed by atoms with Crippen molar-refractivity contribution < 1.29 is 18.0 Å². The number of hydrogen-bond acceptors (Lipinski definition) is 6. The van der Waals surface area contributed by atoms with Crippen molar-refractivity contribution in [2.75, 3.05) is 36.9 Å². The van der Waals surface area contributed by atoms with Crippen LogP contribution < -0.4 is 0 Å².